The smallest absolute Gasteiger partial charge is 0.254 e. The van der Waals surface area contributed by atoms with Crippen molar-refractivity contribution < 1.29 is 4.74 Å². The van der Waals surface area contributed by atoms with Crippen LogP contribution >= 0.6 is 0 Å². The molecule has 4 rings (SSSR count). The first-order chi connectivity index (χ1) is 10.7. The maximum atomic E-state index is 5.78. The quantitative estimate of drug-likeness (QED) is 0.804. The van der Waals surface area contributed by atoms with Crippen molar-refractivity contribution in [3.63, 3.8) is 0 Å². The summed E-state index contributed by atoms with van der Waals surface area (Å²) < 4.78 is 7.51. The summed E-state index contributed by atoms with van der Waals surface area (Å²) in [4.78, 5) is 8.52. The lowest BCUT2D eigenvalue weighted by molar-refractivity contribution is 0.322. The predicted molar refractivity (Wildman–Crippen MR) is 83.3 cm³/mol. The number of fused-ring (bicyclic) bond motifs is 2. The van der Waals surface area contributed by atoms with Gasteiger partial charge in [0.2, 0.25) is 0 Å². The van der Waals surface area contributed by atoms with Crippen LogP contribution < -0.4 is 10.1 Å². The van der Waals surface area contributed by atoms with E-state index in [1.165, 1.54) is 11.9 Å². The number of hydrogen-bond donors (Lipinski definition) is 1. The van der Waals surface area contributed by atoms with Gasteiger partial charge < -0.3 is 10.1 Å². The van der Waals surface area contributed by atoms with Crippen molar-refractivity contribution in [2.75, 3.05) is 11.9 Å². The van der Waals surface area contributed by atoms with Gasteiger partial charge in [-0.1, -0.05) is 18.2 Å². The van der Waals surface area contributed by atoms with Crippen LogP contribution in [0.4, 0.5) is 5.82 Å². The van der Waals surface area contributed by atoms with E-state index in [2.05, 4.69) is 39.4 Å². The first kappa shape index (κ1) is 13.1. The van der Waals surface area contributed by atoms with Crippen molar-refractivity contribution in [3.05, 3.63) is 47.9 Å². The molecule has 6 nitrogen and oxygen atoms in total. The second kappa shape index (κ2) is 4.98. The Hall–Kier alpha value is -2.63. The van der Waals surface area contributed by atoms with Crippen LogP contribution in [0.3, 0.4) is 0 Å². The Morgan fingerprint density at radius 1 is 1.36 bits per heavy atom. The molecule has 0 amide bonds. The Balaban J connectivity index is 1.64. The zero-order valence-corrected chi connectivity index (χ0v) is 12.5. The van der Waals surface area contributed by atoms with Gasteiger partial charge in [-0.15, -0.1) is 0 Å². The van der Waals surface area contributed by atoms with Crippen LogP contribution in [-0.4, -0.2) is 32.2 Å². The van der Waals surface area contributed by atoms with Gasteiger partial charge in [-0.3, -0.25) is 0 Å². The first-order valence-corrected chi connectivity index (χ1v) is 7.38. The summed E-state index contributed by atoms with van der Waals surface area (Å²) in [5.74, 6) is 2.80. The van der Waals surface area contributed by atoms with Gasteiger partial charge in [0.05, 0.1) is 6.61 Å². The Morgan fingerprint density at radius 2 is 2.23 bits per heavy atom. The molecule has 0 fully saturated rings. The second-order valence-electron chi connectivity index (χ2n) is 5.64. The summed E-state index contributed by atoms with van der Waals surface area (Å²) in [5, 5.41) is 7.77. The zero-order valence-electron chi connectivity index (χ0n) is 12.5. The maximum absolute atomic E-state index is 5.78. The first-order valence-electron chi connectivity index (χ1n) is 7.38. The van der Waals surface area contributed by atoms with Gasteiger partial charge in [-0.05, 0) is 19.9 Å². The molecule has 0 saturated carbocycles. The Labute approximate surface area is 128 Å². The van der Waals surface area contributed by atoms with Gasteiger partial charge >= 0.3 is 0 Å². The number of anilines is 1. The molecular weight excluding hydrogens is 278 g/mol. The molecule has 112 valence electrons. The number of nitrogens with zero attached hydrogens (tertiary/aromatic N) is 4. The highest BCUT2D eigenvalue weighted by atomic mass is 16.5. The van der Waals surface area contributed by atoms with Gasteiger partial charge in [-0.2, -0.15) is 14.6 Å². The summed E-state index contributed by atoms with van der Waals surface area (Å²) in [6, 6.07) is 10.4. The molecule has 22 heavy (non-hydrogen) atoms. The minimum absolute atomic E-state index is 0.206. The zero-order chi connectivity index (χ0) is 15.1. The number of rotatable bonds is 3. The van der Waals surface area contributed by atoms with E-state index in [-0.39, 0.29) is 6.04 Å². The summed E-state index contributed by atoms with van der Waals surface area (Å²) >= 11 is 0. The third-order valence-corrected chi connectivity index (χ3v) is 4.10. The maximum Gasteiger partial charge on any atom is 0.254 e. The Morgan fingerprint density at radius 3 is 3.14 bits per heavy atom. The topological polar surface area (TPSA) is 64.3 Å². The van der Waals surface area contributed by atoms with Gasteiger partial charge in [-0.25, -0.2) is 4.98 Å². The van der Waals surface area contributed by atoms with Crippen LogP contribution in [0, 0.1) is 6.92 Å². The molecular formula is C16H17N5O. The highest BCUT2D eigenvalue weighted by Crippen LogP contribution is 2.36. The molecule has 1 N–H and O–H groups in total. The lowest BCUT2D eigenvalue weighted by atomic mass is 9.94. The molecule has 0 bridgehead atoms. The van der Waals surface area contributed by atoms with Crippen LogP contribution in [-0.2, 0) is 0 Å². The molecule has 1 aliphatic heterocycles. The molecule has 0 spiro atoms. The van der Waals surface area contributed by atoms with E-state index < -0.39 is 0 Å². The van der Waals surface area contributed by atoms with Crippen LogP contribution in [0.2, 0.25) is 0 Å². The van der Waals surface area contributed by atoms with Gasteiger partial charge in [0.15, 0.2) is 0 Å². The third-order valence-electron chi connectivity index (χ3n) is 4.10. The molecule has 3 aromatic rings. The van der Waals surface area contributed by atoms with E-state index in [4.69, 9.17) is 4.74 Å². The molecule has 3 heterocycles. The number of nitrogens with one attached hydrogen (secondary N) is 1. The van der Waals surface area contributed by atoms with E-state index in [0.29, 0.717) is 18.3 Å². The van der Waals surface area contributed by atoms with E-state index in [1.807, 2.05) is 25.1 Å². The average molecular weight is 295 g/mol. The van der Waals surface area contributed by atoms with E-state index in [9.17, 15) is 0 Å². The van der Waals surface area contributed by atoms with Crippen molar-refractivity contribution in [2.45, 2.75) is 25.8 Å². The summed E-state index contributed by atoms with van der Waals surface area (Å²) in [6.45, 7) is 4.81. The molecule has 0 aliphatic carbocycles. The standard InChI is InChI=1S/C16H17N5O/c1-10-7-15(21-16(19-10)17-9-18-21)20-11(2)13-8-22-14-6-4-3-5-12(13)14/h3-7,9,11,13,20H,8H2,1-2H3/t11-,13+/m0/s1. The Bertz CT molecular complexity index is 828. The largest absolute Gasteiger partial charge is 0.493 e. The fraction of sp³-hybridized carbons (Fsp3) is 0.312. The molecule has 1 aliphatic rings. The highest BCUT2D eigenvalue weighted by molar-refractivity contribution is 5.47. The third kappa shape index (κ3) is 2.07. The van der Waals surface area contributed by atoms with Crippen LogP contribution in [0.5, 0.6) is 5.75 Å². The number of ether oxygens (including phenoxy) is 1. The van der Waals surface area contributed by atoms with Crippen molar-refractivity contribution in [1.82, 2.24) is 19.6 Å². The molecule has 2 aromatic heterocycles. The van der Waals surface area contributed by atoms with Gasteiger partial charge in [0.25, 0.3) is 5.78 Å². The SMILES string of the molecule is Cc1cc(N[C@@H](C)[C@H]2COc3ccccc32)n2ncnc2n1. The molecule has 1 aromatic carbocycles. The van der Waals surface area contributed by atoms with Gasteiger partial charge in [0.1, 0.15) is 17.9 Å². The van der Waals surface area contributed by atoms with E-state index >= 15 is 0 Å². The molecule has 0 unspecified atom stereocenters. The summed E-state index contributed by atoms with van der Waals surface area (Å²) in [5.41, 5.74) is 2.17. The monoisotopic (exact) mass is 295 g/mol. The number of aromatic nitrogens is 4. The van der Waals surface area contributed by atoms with Crippen LogP contribution in [0.15, 0.2) is 36.7 Å². The van der Waals surface area contributed by atoms with Crippen molar-refractivity contribution >= 4 is 11.6 Å². The van der Waals surface area contributed by atoms with Crippen LogP contribution in [0.25, 0.3) is 5.78 Å². The molecule has 6 heteroatoms. The number of aryl methyl sites for hydroxylation is 1. The number of para-hydroxylation sites is 1. The minimum atomic E-state index is 0.206. The van der Waals surface area contributed by atoms with Crippen molar-refractivity contribution in [2.24, 2.45) is 0 Å². The summed E-state index contributed by atoms with van der Waals surface area (Å²) in [7, 11) is 0. The number of hydrogen-bond acceptors (Lipinski definition) is 5. The highest BCUT2D eigenvalue weighted by Gasteiger charge is 2.29. The normalized spacial score (nSPS) is 18.0. The van der Waals surface area contributed by atoms with E-state index in [0.717, 1.165) is 17.3 Å². The Kier molecular flexibility index (Phi) is 2.96. The average Bonchev–Trinajstić information content (AvgIpc) is 3.12. The molecule has 0 radical (unpaired) electrons. The predicted octanol–water partition coefficient (Wildman–Crippen LogP) is 2.41. The summed E-state index contributed by atoms with van der Waals surface area (Å²) in [6.07, 6.45) is 1.52. The second-order valence-corrected chi connectivity index (χ2v) is 5.64. The number of benzene rings is 1. The lowest BCUT2D eigenvalue weighted by Gasteiger charge is -2.21. The minimum Gasteiger partial charge on any atom is -0.493 e. The van der Waals surface area contributed by atoms with Crippen molar-refractivity contribution in [3.8, 4) is 5.75 Å². The van der Waals surface area contributed by atoms with Crippen molar-refractivity contribution in [1.29, 1.82) is 0 Å². The lowest BCUT2D eigenvalue weighted by Crippen LogP contribution is -2.26. The van der Waals surface area contributed by atoms with Crippen LogP contribution in [0.1, 0.15) is 24.1 Å². The van der Waals surface area contributed by atoms with Gasteiger partial charge in [0, 0.05) is 29.3 Å². The fourth-order valence-corrected chi connectivity index (χ4v) is 2.97. The fourth-order valence-electron chi connectivity index (χ4n) is 2.97. The molecule has 0 saturated heterocycles. The molecule has 2 atom stereocenters. The van der Waals surface area contributed by atoms with E-state index in [1.54, 1.807) is 4.52 Å².